The van der Waals surface area contributed by atoms with Gasteiger partial charge in [0.2, 0.25) is 0 Å². The van der Waals surface area contributed by atoms with Gasteiger partial charge in [-0.25, -0.2) is 0 Å². The molecule has 1 aromatic rings. The molecule has 1 aliphatic rings. The molecule has 0 atom stereocenters. The van der Waals surface area contributed by atoms with E-state index in [0.717, 1.165) is 22.3 Å². The van der Waals surface area contributed by atoms with Gasteiger partial charge in [0.15, 0.2) is 5.84 Å². The molecule has 19 heavy (non-hydrogen) atoms. The molecule has 3 N–H and O–H groups in total. The van der Waals surface area contributed by atoms with Crippen LogP contribution >= 0.6 is 15.9 Å². The molecule has 0 saturated heterocycles. The van der Waals surface area contributed by atoms with Crippen LogP contribution in [0.25, 0.3) is 0 Å². The van der Waals surface area contributed by atoms with E-state index < -0.39 is 0 Å². The molecule has 0 heterocycles. The maximum Gasteiger partial charge on any atom is 0.172 e. The van der Waals surface area contributed by atoms with Crippen LogP contribution in [0.15, 0.2) is 27.8 Å². The monoisotopic (exact) mass is 327 g/mol. The Labute approximate surface area is 121 Å². The summed E-state index contributed by atoms with van der Waals surface area (Å²) in [5.41, 5.74) is 7.48. The number of rotatable bonds is 6. The van der Waals surface area contributed by atoms with E-state index in [0.29, 0.717) is 12.6 Å². The smallest absolute Gasteiger partial charge is 0.172 e. The van der Waals surface area contributed by atoms with Gasteiger partial charge in [0.25, 0.3) is 0 Å². The van der Waals surface area contributed by atoms with Gasteiger partial charge in [-0.15, -0.1) is 0 Å². The molecule has 0 aromatic heterocycles. The number of oxime groups is 1. The Morgan fingerprint density at radius 2 is 2.32 bits per heavy atom. The van der Waals surface area contributed by atoms with Crippen LogP contribution in [0.2, 0.25) is 0 Å². The third-order valence-corrected chi connectivity index (χ3v) is 3.67. The van der Waals surface area contributed by atoms with Gasteiger partial charge in [-0.2, -0.15) is 0 Å². The highest BCUT2D eigenvalue weighted by molar-refractivity contribution is 9.10. The summed E-state index contributed by atoms with van der Waals surface area (Å²) in [6, 6.07) is 6.27. The minimum absolute atomic E-state index is 0.130. The molecule has 0 bridgehead atoms. The van der Waals surface area contributed by atoms with Crippen molar-refractivity contribution in [2.75, 3.05) is 25.2 Å². The van der Waals surface area contributed by atoms with Crippen LogP contribution in [0.1, 0.15) is 18.4 Å². The minimum Gasteiger partial charge on any atom is -0.409 e. The Morgan fingerprint density at radius 3 is 2.89 bits per heavy atom. The van der Waals surface area contributed by atoms with Crippen molar-refractivity contribution in [3.05, 3.63) is 28.2 Å². The second-order valence-corrected chi connectivity index (χ2v) is 5.48. The zero-order valence-corrected chi connectivity index (χ0v) is 12.4. The van der Waals surface area contributed by atoms with Crippen molar-refractivity contribution in [2.45, 2.75) is 18.9 Å². The summed E-state index contributed by atoms with van der Waals surface area (Å²) >= 11 is 3.47. The lowest BCUT2D eigenvalue weighted by Crippen LogP contribution is -2.31. The van der Waals surface area contributed by atoms with Crippen molar-refractivity contribution < 1.29 is 9.94 Å². The normalized spacial score (nSPS) is 15.6. The maximum absolute atomic E-state index is 8.90. The van der Waals surface area contributed by atoms with Crippen LogP contribution < -0.4 is 10.6 Å². The fraction of sp³-hybridized carbons (Fsp3) is 0.462. The van der Waals surface area contributed by atoms with Crippen LogP contribution in [0.5, 0.6) is 0 Å². The molecule has 2 rings (SSSR count). The lowest BCUT2D eigenvalue weighted by Gasteiger charge is -2.26. The summed E-state index contributed by atoms with van der Waals surface area (Å²) in [6.45, 7) is 1.45. The van der Waals surface area contributed by atoms with Crippen molar-refractivity contribution in [3.8, 4) is 0 Å². The van der Waals surface area contributed by atoms with Gasteiger partial charge < -0.3 is 20.6 Å². The fourth-order valence-corrected chi connectivity index (χ4v) is 2.44. The lowest BCUT2D eigenvalue weighted by molar-refractivity contribution is 0.205. The Balaban J connectivity index is 2.36. The predicted molar refractivity (Wildman–Crippen MR) is 78.9 cm³/mol. The average Bonchev–Trinajstić information content (AvgIpc) is 3.23. The van der Waals surface area contributed by atoms with Crippen LogP contribution in [-0.4, -0.2) is 37.3 Å². The zero-order valence-electron chi connectivity index (χ0n) is 10.8. The SMILES string of the molecule is COCCN(c1cc(Br)ccc1/C(N)=N/O)C1CC1. The van der Waals surface area contributed by atoms with E-state index in [4.69, 9.17) is 15.7 Å². The molecular weight excluding hydrogens is 310 g/mol. The average molecular weight is 328 g/mol. The molecule has 6 heteroatoms. The van der Waals surface area contributed by atoms with Crippen LogP contribution in [0.3, 0.4) is 0 Å². The molecule has 104 valence electrons. The first kappa shape index (κ1) is 14.1. The second-order valence-electron chi connectivity index (χ2n) is 4.56. The van der Waals surface area contributed by atoms with Gasteiger partial charge in [-0.05, 0) is 31.0 Å². The van der Waals surface area contributed by atoms with E-state index in [1.54, 1.807) is 7.11 Å². The molecular formula is C13H18BrN3O2. The van der Waals surface area contributed by atoms with Crippen LogP contribution in [0, 0.1) is 0 Å². The number of nitrogens with zero attached hydrogens (tertiary/aromatic N) is 2. The van der Waals surface area contributed by atoms with Crippen LogP contribution in [-0.2, 0) is 4.74 Å². The summed E-state index contributed by atoms with van der Waals surface area (Å²) < 4.78 is 6.14. The molecule has 5 nitrogen and oxygen atoms in total. The summed E-state index contributed by atoms with van der Waals surface area (Å²) in [6.07, 6.45) is 2.34. The number of ether oxygens (including phenoxy) is 1. The van der Waals surface area contributed by atoms with Crippen molar-refractivity contribution in [2.24, 2.45) is 10.9 Å². The quantitative estimate of drug-likeness (QED) is 0.363. The number of amidine groups is 1. The second kappa shape index (κ2) is 6.25. The number of halogens is 1. The van der Waals surface area contributed by atoms with E-state index in [1.807, 2.05) is 18.2 Å². The standard InChI is InChI=1S/C13H18BrN3O2/c1-19-7-6-17(10-3-4-10)12-8-9(14)2-5-11(12)13(15)16-18/h2,5,8,10,18H,3-4,6-7H2,1H3,(H2,15,16). The van der Waals surface area contributed by atoms with Gasteiger partial charge in [-0.3, -0.25) is 0 Å². The van der Waals surface area contributed by atoms with E-state index in [2.05, 4.69) is 26.0 Å². The molecule has 0 aliphatic heterocycles. The van der Waals surface area contributed by atoms with Gasteiger partial charge in [0.1, 0.15) is 0 Å². The molecule has 0 radical (unpaired) electrons. The predicted octanol–water partition coefficient (Wildman–Crippen LogP) is 2.16. The maximum atomic E-state index is 8.90. The molecule has 1 aliphatic carbocycles. The van der Waals surface area contributed by atoms with E-state index in [-0.39, 0.29) is 5.84 Å². The molecule has 0 unspecified atom stereocenters. The number of benzene rings is 1. The Kier molecular flexibility index (Phi) is 4.66. The van der Waals surface area contributed by atoms with Crippen molar-refractivity contribution in [1.29, 1.82) is 0 Å². The first-order valence-electron chi connectivity index (χ1n) is 6.20. The van der Waals surface area contributed by atoms with Gasteiger partial charge in [0, 0.05) is 35.4 Å². The van der Waals surface area contributed by atoms with Crippen molar-refractivity contribution in [1.82, 2.24) is 0 Å². The lowest BCUT2D eigenvalue weighted by atomic mass is 10.1. The fourth-order valence-electron chi connectivity index (χ4n) is 2.09. The summed E-state index contributed by atoms with van der Waals surface area (Å²) in [5.74, 6) is 0.130. The topological polar surface area (TPSA) is 71.1 Å². The number of hydrogen-bond acceptors (Lipinski definition) is 4. The molecule has 1 saturated carbocycles. The first-order valence-corrected chi connectivity index (χ1v) is 6.99. The summed E-state index contributed by atoms with van der Waals surface area (Å²) in [5, 5.41) is 12.0. The third kappa shape index (κ3) is 3.39. The Morgan fingerprint density at radius 1 is 1.58 bits per heavy atom. The Hall–Kier alpha value is -1.27. The largest absolute Gasteiger partial charge is 0.409 e. The number of nitrogens with two attached hydrogens (primary N) is 1. The highest BCUT2D eigenvalue weighted by Gasteiger charge is 2.30. The van der Waals surface area contributed by atoms with Gasteiger partial charge in [0.05, 0.1) is 6.61 Å². The summed E-state index contributed by atoms with van der Waals surface area (Å²) in [4.78, 5) is 2.27. The molecule has 1 fully saturated rings. The van der Waals surface area contributed by atoms with Crippen LogP contribution in [0.4, 0.5) is 5.69 Å². The number of hydrogen-bond donors (Lipinski definition) is 2. The minimum atomic E-state index is 0.130. The Bertz CT molecular complexity index is 475. The van der Waals surface area contributed by atoms with Gasteiger partial charge >= 0.3 is 0 Å². The van der Waals surface area contributed by atoms with Crippen molar-refractivity contribution in [3.63, 3.8) is 0 Å². The number of methoxy groups -OCH3 is 1. The number of anilines is 1. The van der Waals surface area contributed by atoms with E-state index in [9.17, 15) is 0 Å². The van der Waals surface area contributed by atoms with E-state index >= 15 is 0 Å². The summed E-state index contributed by atoms with van der Waals surface area (Å²) in [7, 11) is 1.69. The van der Waals surface area contributed by atoms with E-state index in [1.165, 1.54) is 12.8 Å². The third-order valence-electron chi connectivity index (χ3n) is 3.18. The highest BCUT2D eigenvalue weighted by atomic mass is 79.9. The molecule has 0 spiro atoms. The zero-order chi connectivity index (χ0) is 13.8. The van der Waals surface area contributed by atoms with Gasteiger partial charge in [-0.1, -0.05) is 21.1 Å². The highest BCUT2D eigenvalue weighted by Crippen LogP contribution is 2.34. The molecule has 0 amide bonds. The molecule has 1 aromatic carbocycles. The van der Waals surface area contributed by atoms with Crippen molar-refractivity contribution >= 4 is 27.5 Å². The first-order chi connectivity index (χ1) is 9.17.